The number of halogens is 1. The Kier molecular flexibility index (Phi) is 4.08. The molecule has 1 aromatic rings. The van der Waals surface area contributed by atoms with Crippen LogP contribution in [0.15, 0.2) is 24.3 Å². The first-order chi connectivity index (χ1) is 9.22. The van der Waals surface area contributed by atoms with Gasteiger partial charge in [-0.3, -0.25) is 0 Å². The van der Waals surface area contributed by atoms with Crippen LogP contribution in [0.25, 0.3) is 0 Å². The summed E-state index contributed by atoms with van der Waals surface area (Å²) in [7, 11) is 2.19. The van der Waals surface area contributed by atoms with Crippen molar-refractivity contribution >= 4 is 11.6 Å². The predicted molar refractivity (Wildman–Crippen MR) is 79.1 cm³/mol. The maximum absolute atomic E-state index is 5.98. The van der Waals surface area contributed by atoms with E-state index < -0.39 is 0 Å². The lowest BCUT2D eigenvalue weighted by Gasteiger charge is -2.35. The molecule has 0 aromatic heterocycles. The molecule has 2 fully saturated rings. The summed E-state index contributed by atoms with van der Waals surface area (Å²) < 4.78 is 0. The number of rotatable bonds is 4. The third kappa shape index (κ3) is 3.48. The standard InChI is InChI=1S/C15H22ClN3/c1-18-8-10-19(11-9-18)17-15(12-2-3-12)13-4-6-14(16)7-5-13/h4-7,12,15,17H,2-3,8-11H2,1H3. The lowest BCUT2D eigenvalue weighted by Crippen LogP contribution is -2.52. The van der Waals surface area contributed by atoms with Gasteiger partial charge in [-0.15, -0.1) is 0 Å². The minimum Gasteiger partial charge on any atom is -0.304 e. The maximum atomic E-state index is 5.98. The van der Waals surface area contributed by atoms with Gasteiger partial charge >= 0.3 is 0 Å². The van der Waals surface area contributed by atoms with Crippen molar-refractivity contribution in [1.29, 1.82) is 0 Å². The highest BCUT2D eigenvalue weighted by atomic mass is 35.5. The summed E-state index contributed by atoms with van der Waals surface area (Å²) in [6.07, 6.45) is 2.68. The fourth-order valence-electron chi connectivity index (χ4n) is 2.68. The van der Waals surface area contributed by atoms with Crippen LogP contribution in [0.1, 0.15) is 24.4 Å². The second-order valence-corrected chi connectivity index (χ2v) is 6.22. The van der Waals surface area contributed by atoms with E-state index in [0.29, 0.717) is 6.04 Å². The molecule has 104 valence electrons. The minimum atomic E-state index is 0.459. The van der Waals surface area contributed by atoms with Crippen molar-refractivity contribution in [1.82, 2.24) is 15.3 Å². The maximum Gasteiger partial charge on any atom is 0.0492 e. The molecule has 1 unspecified atom stereocenters. The first-order valence-electron chi connectivity index (χ1n) is 7.17. The number of piperazine rings is 1. The molecule has 2 aliphatic rings. The number of nitrogens with one attached hydrogen (secondary N) is 1. The van der Waals surface area contributed by atoms with E-state index in [0.717, 1.165) is 37.1 Å². The van der Waals surface area contributed by atoms with Crippen molar-refractivity contribution < 1.29 is 0 Å². The van der Waals surface area contributed by atoms with Crippen LogP contribution in [0.2, 0.25) is 5.02 Å². The van der Waals surface area contributed by atoms with Crippen molar-refractivity contribution in [2.75, 3.05) is 33.2 Å². The van der Waals surface area contributed by atoms with Crippen molar-refractivity contribution in [3.05, 3.63) is 34.9 Å². The van der Waals surface area contributed by atoms with Gasteiger partial charge in [-0.1, -0.05) is 23.7 Å². The van der Waals surface area contributed by atoms with Gasteiger partial charge in [0.1, 0.15) is 0 Å². The summed E-state index contributed by atoms with van der Waals surface area (Å²) in [6.45, 7) is 4.50. The minimum absolute atomic E-state index is 0.459. The van der Waals surface area contributed by atoms with Gasteiger partial charge in [-0.25, -0.2) is 10.4 Å². The first kappa shape index (κ1) is 13.4. The summed E-state index contributed by atoms with van der Waals surface area (Å²) in [5.41, 5.74) is 5.10. The number of hydrogen-bond donors (Lipinski definition) is 1. The molecule has 0 bridgehead atoms. The molecule has 0 radical (unpaired) electrons. The van der Waals surface area contributed by atoms with Crippen LogP contribution < -0.4 is 5.43 Å². The van der Waals surface area contributed by atoms with Crippen molar-refractivity contribution in [2.45, 2.75) is 18.9 Å². The van der Waals surface area contributed by atoms with Crippen LogP contribution in [0.3, 0.4) is 0 Å². The third-order valence-corrected chi connectivity index (χ3v) is 4.40. The molecule has 19 heavy (non-hydrogen) atoms. The molecule has 1 atom stereocenters. The molecule has 3 nitrogen and oxygen atoms in total. The van der Waals surface area contributed by atoms with Gasteiger partial charge < -0.3 is 4.90 Å². The fraction of sp³-hybridized carbons (Fsp3) is 0.600. The van der Waals surface area contributed by atoms with Gasteiger partial charge in [-0.05, 0) is 43.5 Å². The van der Waals surface area contributed by atoms with Gasteiger partial charge in [0.2, 0.25) is 0 Å². The average Bonchev–Trinajstić information content (AvgIpc) is 3.24. The van der Waals surface area contributed by atoms with Crippen molar-refractivity contribution in [3.8, 4) is 0 Å². The van der Waals surface area contributed by atoms with Gasteiger partial charge in [0.25, 0.3) is 0 Å². The largest absolute Gasteiger partial charge is 0.304 e. The molecule has 1 N–H and O–H groups in total. The first-order valence-corrected chi connectivity index (χ1v) is 7.55. The molecule has 0 amide bonds. The molecular weight excluding hydrogens is 258 g/mol. The lowest BCUT2D eigenvalue weighted by molar-refractivity contribution is 0.0820. The molecule has 3 rings (SSSR count). The van der Waals surface area contributed by atoms with Gasteiger partial charge in [0.05, 0.1) is 0 Å². The number of benzene rings is 1. The Bertz CT molecular complexity index is 408. The Morgan fingerprint density at radius 3 is 2.32 bits per heavy atom. The van der Waals surface area contributed by atoms with E-state index in [1.54, 1.807) is 0 Å². The van der Waals surface area contributed by atoms with E-state index in [2.05, 4.69) is 34.5 Å². The highest BCUT2D eigenvalue weighted by molar-refractivity contribution is 6.30. The van der Waals surface area contributed by atoms with E-state index in [9.17, 15) is 0 Å². The van der Waals surface area contributed by atoms with E-state index in [1.807, 2.05) is 12.1 Å². The summed E-state index contributed by atoms with van der Waals surface area (Å²) in [5.74, 6) is 0.792. The normalized spacial score (nSPS) is 23.5. The molecule has 1 aliphatic carbocycles. The molecule has 1 heterocycles. The molecule has 1 saturated heterocycles. The van der Waals surface area contributed by atoms with Crippen LogP contribution in [-0.4, -0.2) is 43.1 Å². The number of likely N-dealkylation sites (N-methyl/N-ethyl adjacent to an activating group) is 1. The van der Waals surface area contributed by atoms with Gasteiger partial charge in [0, 0.05) is 37.2 Å². The molecule has 1 saturated carbocycles. The summed E-state index contributed by atoms with van der Waals surface area (Å²) in [5, 5.41) is 3.20. The van der Waals surface area contributed by atoms with Crippen LogP contribution in [0, 0.1) is 5.92 Å². The SMILES string of the molecule is CN1CCN(NC(c2ccc(Cl)cc2)C2CC2)CC1. The zero-order chi connectivity index (χ0) is 13.2. The smallest absolute Gasteiger partial charge is 0.0492 e. The number of hydrogen-bond acceptors (Lipinski definition) is 3. The van der Waals surface area contributed by atoms with Crippen LogP contribution in [0.5, 0.6) is 0 Å². The predicted octanol–water partition coefficient (Wildman–Crippen LogP) is 2.54. The van der Waals surface area contributed by atoms with E-state index in [-0.39, 0.29) is 0 Å². The molecule has 4 heteroatoms. The molecule has 1 aromatic carbocycles. The molecule has 1 aliphatic heterocycles. The zero-order valence-electron chi connectivity index (χ0n) is 11.5. The summed E-state index contributed by atoms with van der Waals surface area (Å²) in [4.78, 5) is 2.38. The second kappa shape index (κ2) is 5.80. The Morgan fingerprint density at radius 2 is 1.74 bits per heavy atom. The lowest BCUT2D eigenvalue weighted by atomic mass is 10.0. The molecule has 0 spiro atoms. The topological polar surface area (TPSA) is 18.5 Å². The van der Waals surface area contributed by atoms with Crippen molar-refractivity contribution in [3.63, 3.8) is 0 Å². The second-order valence-electron chi connectivity index (χ2n) is 5.79. The zero-order valence-corrected chi connectivity index (χ0v) is 12.2. The monoisotopic (exact) mass is 279 g/mol. The average molecular weight is 280 g/mol. The Hall–Kier alpha value is -0.610. The Balaban J connectivity index is 1.66. The van der Waals surface area contributed by atoms with E-state index in [1.165, 1.54) is 18.4 Å². The highest BCUT2D eigenvalue weighted by Crippen LogP contribution is 2.41. The highest BCUT2D eigenvalue weighted by Gasteiger charge is 2.33. The van der Waals surface area contributed by atoms with Gasteiger partial charge in [-0.2, -0.15) is 0 Å². The van der Waals surface area contributed by atoms with E-state index >= 15 is 0 Å². The van der Waals surface area contributed by atoms with Crippen LogP contribution in [-0.2, 0) is 0 Å². The van der Waals surface area contributed by atoms with Gasteiger partial charge in [0.15, 0.2) is 0 Å². The summed E-state index contributed by atoms with van der Waals surface area (Å²) in [6, 6.07) is 8.78. The summed E-state index contributed by atoms with van der Waals surface area (Å²) >= 11 is 5.98. The fourth-order valence-corrected chi connectivity index (χ4v) is 2.81. The number of nitrogens with zero attached hydrogens (tertiary/aromatic N) is 2. The van der Waals surface area contributed by atoms with Crippen molar-refractivity contribution in [2.24, 2.45) is 5.92 Å². The quantitative estimate of drug-likeness (QED) is 0.914. The Morgan fingerprint density at radius 1 is 1.11 bits per heavy atom. The van der Waals surface area contributed by atoms with Crippen LogP contribution >= 0.6 is 11.6 Å². The molecular formula is C15H22ClN3. The van der Waals surface area contributed by atoms with Crippen LogP contribution in [0.4, 0.5) is 0 Å². The number of hydrazine groups is 1. The third-order valence-electron chi connectivity index (χ3n) is 4.15. The Labute approximate surface area is 120 Å². The van der Waals surface area contributed by atoms with E-state index in [4.69, 9.17) is 11.6 Å².